The minimum Gasteiger partial charge on any atom is -0.371 e. The van der Waals surface area contributed by atoms with Gasteiger partial charge in [0, 0.05) is 18.2 Å². The molecular weight excluding hydrogens is 467 g/mol. The number of primary amides is 2. The zero-order valence-corrected chi connectivity index (χ0v) is 19.6. The molecule has 0 aliphatic carbocycles. The standard InChI is InChI=1S/C25H23FN6O2S/c1-14-10-23(35-32-14)31-20-13-21(18(26)12-17(20)24(27)33)30-22(25(28)34)11-15-5-7-16(8-6-15)19-4-2-3-9-29-19/h2-10,12-13,22,30-31H,11H2,1H3,(H2,27,33)(H2,28,34). The van der Waals surface area contributed by atoms with Gasteiger partial charge in [-0.15, -0.1) is 0 Å². The molecule has 10 heteroatoms. The Morgan fingerprint density at radius 2 is 1.83 bits per heavy atom. The molecule has 178 valence electrons. The van der Waals surface area contributed by atoms with Gasteiger partial charge in [-0.3, -0.25) is 14.6 Å². The zero-order valence-electron chi connectivity index (χ0n) is 18.8. The Kier molecular flexibility index (Phi) is 7.02. The highest BCUT2D eigenvalue weighted by Crippen LogP contribution is 2.30. The van der Waals surface area contributed by atoms with Crippen LogP contribution >= 0.6 is 11.5 Å². The number of hydrogen-bond donors (Lipinski definition) is 4. The number of nitrogens with one attached hydrogen (secondary N) is 2. The molecule has 2 amide bonds. The summed E-state index contributed by atoms with van der Waals surface area (Å²) in [6.45, 7) is 1.83. The molecule has 0 radical (unpaired) electrons. The molecule has 0 saturated carbocycles. The number of amides is 2. The van der Waals surface area contributed by atoms with Crippen LogP contribution < -0.4 is 22.1 Å². The maximum absolute atomic E-state index is 14.9. The summed E-state index contributed by atoms with van der Waals surface area (Å²) in [5, 5.41) is 6.57. The summed E-state index contributed by atoms with van der Waals surface area (Å²) in [6.07, 6.45) is 1.94. The molecule has 35 heavy (non-hydrogen) atoms. The van der Waals surface area contributed by atoms with Crippen molar-refractivity contribution in [3.8, 4) is 11.3 Å². The highest BCUT2D eigenvalue weighted by molar-refractivity contribution is 7.10. The summed E-state index contributed by atoms with van der Waals surface area (Å²) < 4.78 is 19.0. The van der Waals surface area contributed by atoms with Gasteiger partial charge < -0.3 is 22.1 Å². The molecular formula is C25H23FN6O2S. The summed E-state index contributed by atoms with van der Waals surface area (Å²) in [7, 11) is 0. The van der Waals surface area contributed by atoms with E-state index in [4.69, 9.17) is 11.5 Å². The van der Waals surface area contributed by atoms with E-state index in [1.165, 1.54) is 17.6 Å². The normalized spacial score (nSPS) is 11.6. The Balaban J connectivity index is 1.57. The summed E-state index contributed by atoms with van der Waals surface area (Å²) in [4.78, 5) is 28.4. The van der Waals surface area contributed by atoms with E-state index in [1.54, 1.807) is 12.3 Å². The maximum Gasteiger partial charge on any atom is 0.250 e. The van der Waals surface area contributed by atoms with E-state index in [0.29, 0.717) is 5.00 Å². The molecule has 0 spiro atoms. The van der Waals surface area contributed by atoms with Gasteiger partial charge in [0.1, 0.15) is 16.9 Å². The third kappa shape index (κ3) is 5.79. The third-order valence-corrected chi connectivity index (χ3v) is 6.08. The first-order valence-electron chi connectivity index (χ1n) is 10.7. The van der Waals surface area contributed by atoms with Crippen molar-refractivity contribution >= 4 is 39.7 Å². The molecule has 1 atom stereocenters. The second-order valence-electron chi connectivity index (χ2n) is 7.91. The van der Waals surface area contributed by atoms with Crippen molar-refractivity contribution in [3.63, 3.8) is 0 Å². The van der Waals surface area contributed by atoms with E-state index in [1.807, 2.05) is 49.4 Å². The van der Waals surface area contributed by atoms with E-state index in [2.05, 4.69) is 20.0 Å². The minimum atomic E-state index is -0.900. The number of nitrogens with two attached hydrogens (primary N) is 2. The highest BCUT2D eigenvalue weighted by Gasteiger charge is 2.21. The van der Waals surface area contributed by atoms with Crippen LogP contribution in [-0.4, -0.2) is 27.2 Å². The number of pyridine rings is 1. The number of aromatic nitrogens is 2. The van der Waals surface area contributed by atoms with E-state index in [0.717, 1.165) is 28.6 Å². The lowest BCUT2D eigenvalue weighted by molar-refractivity contribution is -0.118. The first-order valence-corrected chi connectivity index (χ1v) is 11.5. The Morgan fingerprint density at radius 3 is 2.43 bits per heavy atom. The summed E-state index contributed by atoms with van der Waals surface area (Å²) in [5.41, 5.74) is 14.7. The van der Waals surface area contributed by atoms with Gasteiger partial charge >= 0.3 is 0 Å². The van der Waals surface area contributed by atoms with Crippen LogP contribution in [0.2, 0.25) is 0 Å². The first-order chi connectivity index (χ1) is 16.8. The number of carbonyl (C=O) groups is 2. The van der Waals surface area contributed by atoms with Crippen LogP contribution in [0, 0.1) is 12.7 Å². The average molecular weight is 491 g/mol. The van der Waals surface area contributed by atoms with Crippen LogP contribution in [0.5, 0.6) is 0 Å². The summed E-state index contributed by atoms with van der Waals surface area (Å²) in [5.74, 6) is -2.18. The van der Waals surface area contributed by atoms with Crippen molar-refractivity contribution in [2.45, 2.75) is 19.4 Å². The number of carbonyl (C=O) groups excluding carboxylic acids is 2. The molecule has 8 nitrogen and oxygen atoms in total. The van der Waals surface area contributed by atoms with Crippen molar-refractivity contribution in [2.24, 2.45) is 11.5 Å². The lowest BCUT2D eigenvalue weighted by Crippen LogP contribution is -2.37. The van der Waals surface area contributed by atoms with Crippen molar-refractivity contribution in [1.29, 1.82) is 0 Å². The SMILES string of the molecule is Cc1cc(Nc2cc(NC(Cc3ccc(-c4ccccn4)cc3)C(N)=O)c(F)cc2C(N)=O)sn1. The van der Waals surface area contributed by atoms with Crippen molar-refractivity contribution in [3.05, 3.63) is 89.5 Å². The fourth-order valence-corrected chi connectivity index (χ4v) is 4.21. The lowest BCUT2D eigenvalue weighted by Gasteiger charge is -2.19. The fraction of sp³-hybridized carbons (Fsp3) is 0.120. The molecule has 0 aliphatic rings. The van der Waals surface area contributed by atoms with E-state index in [9.17, 15) is 14.0 Å². The third-order valence-electron chi connectivity index (χ3n) is 5.29. The number of halogens is 1. The van der Waals surface area contributed by atoms with Crippen LogP contribution in [0.3, 0.4) is 0 Å². The van der Waals surface area contributed by atoms with Gasteiger partial charge in [-0.1, -0.05) is 30.3 Å². The zero-order chi connectivity index (χ0) is 24.9. The molecule has 0 aliphatic heterocycles. The fourth-order valence-electron chi connectivity index (χ4n) is 3.54. The van der Waals surface area contributed by atoms with Gasteiger partial charge in [0.25, 0.3) is 5.91 Å². The molecule has 1 unspecified atom stereocenters. The predicted octanol–water partition coefficient (Wildman–Crippen LogP) is 4.00. The molecule has 2 aromatic heterocycles. The first kappa shape index (κ1) is 23.8. The van der Waals surface area contributed by atoms with Crippen molar-refractivity contribution < 1.29 is 14.0 Å². The molecule has 2 heterocycles. The number of rotatable bonds is 9. The van der Waals surface area contributed by atoms with Crippen molar-refractivity contribution in [2.75, 3.05) is 10.6 Å². The van der Waals surface area contributed by atoms with Gasteiger partial charge in [0.05, 0.1) is 28.3 Å². The van der Waals surface area contributed by atoms with E-state index < -0.39 is 23.7 Å². The molecule has 0 saturated heterocycles. The largest absolute Gasteiger partial charge is 0.371 e. The molecule has 6 N–H and O–H groups in total. The molecule has 2 aromatic carbocycles. The summed E-state index contributed by atoms with van der Waals surface area (Å²) >= 11 is 1.19. The van der Waals surface area contributed by atoms with Gasteiger partial charge in [-0.05, 0) is 54.4 Å². The monoisotopic (exact) mass is 490 g/mol. The van der Waals surface area contributed by atoms with Crippen LogP contribution in [0.25, 0.3) is 11.3 Å². The number of nitrogens with zero attached hydrogens (tertiary/aromatic N) is 2. The van der Waals surface area contributed by atoms with Crippen LogP contribution in [-0.2, 0) is 11.2 Å². The second kappa shape index (κ2) is 10.3. The number of anilines is 3. The Morgan fingerprint density at radius 1 is 1.06 bits per heavy atom. The quantitative estimate of drug-likeness (QED) is 0.280. The predicted molar refractivity (Wildman–Crippen MR) is 135 cm³/mol. The van der Waals surface area contributed by atoms with Gasteiger partial charge in [0.2, 0.25) is 5.91 Å². The number of hydrogen-bond acceptors (Lipinski definition) is 7. The minimum absolute atomic E-state index is 0.00708. The average Bonchev–Trinajstić information content (AvgIpc) is 3.25. The van der Waals surface area contributed by atoms with Crippen LogP contribution in [0.1, 0.15) is 21.6 Å². The van der Waals surface area contributed by atoms with Crippen molar-refractivity contribution in [1.82, 2.24) is 9.36 Å². The highest BCUT2D eigenvalue weighted by atomic mass is 32.1. The second-order valence-corrected chi connectivity index (χ2v) is 8.72. The number of aryl methyl sites for hydroxylation is 1. The van der Waals surface area contributed by atoms with Crippen LogP contribution in [0.4, 0.5) is 20.8 Å². The summed E-state index contributed by atoms with van der Waals surface area (Å²) in [6, 6.07) is 16.5. The topological polar surface area (TPSA) is 136 Å². The molecule has 0 bridgehead atoms. The van der Waals surface area contributed by atoms with E-state index >= 15 is 0 Å². The smallest absolute Gasteiger partial charge is 0.250 e. The van der Waals surface area contributed by atoms with Gasteiger partial charge in [0.15, 0.2) is 0 Å². The van der Waals surface area contributed by atoms with E-state index in [-0.39, 0.29) is 23.4 Å². The van der Waals surface area contributed by atoms with Crippen LogP contribution in [0.15, 0.2) is 66.9 Å². The Hall–Kier alpha value is -4.31. The molecule has 4 rings (SSSR count). The maximum atomic E-state index is 14.9. The molecule has 4 aromatic rings. The number of benzene rings is 2. The lowest BCUT2D eigenvalue weighted by atomic mass is 10.0. The molecule has 0 fully saturated rings. The Bertz CT molecular complexity index is 1360. The Labute approximate surface area is 205 Å². The van der Waals surface area contributed by atoms with Gasteiger partial charge in [-0.25, -0.2) is 4.39 Å². The van der Waals surface area contributed by atoms with Gasteiger partial charge in [-0.2, -0.15) is 4.37 Å².